The van der Waals surface area contributed by atoms with E-state index in [1.54, 1.807) is 6.92 Å². The second kappa shape index (κ2) is 9.82. The van der Waals surface area contributed by atoms with Crippen LogP contribution in [0.5, 0.6) is 0 Å². The van der Waals surface area contributed by atoms with Crippen molar-refractivity contribution in [3.63, 3.8) is 0 Å². The summed E-state index contributed by atoms with van der Waals surface area (Å²) < 4.78 is 11.0. The molecule has 0 radical (unpaired) electrons. The van der Waals surface area contributed by atoms with Crippen LogP contribution in [0.2, 0.25) is 0 Å². The Kier molecular flexibility index (Phi) is 6.85. The summed E-state index contributed by atoms with van der Waals surface area (Å²) >= 11 is 0. The maximum Gasteiger partial charge on any atom is 0.407 e. The van der Waals surface area contributed by atoms with Crippen molar-refractivity contribution in [3.8, 4) is 11.1 Å². The fraction of sp³-hybridized carbons (Fsp3) is 0.400. The van der Waals surface area contributed by atoms with E-state index in [9.17, 15) is 19.5 Å². The third-order valence-corrected chi connectivity index (χ3v) is 6.52. The van der Waals surface area contributed by atoms with Gasteiger partial charge in [0.15, 0.2) is 0 Å². The van der Waals surface area contributed by atoms with E-state index < -0.39 is 42.0 Å². The number of benzene rings is 2. The average Bonchev–Trinajstić information content (AvgIpc) is 3.34. The Morgan fingerprint density at radius 2 is 1.74 bits per heavy atom. The summed E-state index contributed by atoms with van der Waals surface area (Å²) in [5.74, 6) is -1.69. The fourth-order valence-electron chi connectivity index (χ4n) is 4.57. The second-order valence-corrected chi connectivity index (χ2v) is 8.92. The summed E-state index contributed by atoms with van der Waals surface area (Å²) in [4.78, 5) is 36.1. The minimum Gasteiger partial charge on any atom is -0.481 e. The Bertz CT molecular complexity index is 1040. The number of nitrogens with one attached hydrogen (secondary N) is 2. The van der Waals surface area contributed by atoms with E-state index in [1.165, 1.54) is 0 Å². The molecule has 1 aliphatic heterocycles. The molecule has 3 atom stereocenters. The fourth-order valence-corrected chi connectivity index (χ4v) is 4.57. The third kappa shape index (κ3) is 4.76. The zero-order valence-corrected chi connectivity index (χ0v) is 18.8. The van der Waals surface area contributed by atoms with Gasteiger partial charge in [0, 0.05) is 12.5 Å². The maximum absolute atomic E-state index is 12.7. The van der Waals surface area contributed by atoms with Gasteiger partial charge in [-0.2, -0.15) is 0 Å². The molecule has 180 valence electrons. The molecule has 2 aliphatic rings. The number of fused-ring (bicyclic) bond motifs is 3. The van der Waals surface area contributed by atoms with Crippen molar-refractivity contribution in [1.29, 1.82) is 0 Å². The van der Waals surface area contributed by atoms with Gasteiger partial charge < -0.3 is 30.3 Å². The normalized spacial score (nSPS) is 21.9. The number of carbonyl (C=O) groups excluding carboxylic acids is 2. The molecule has 3 unspecified atom stereocenters. The van der Waals surface area contributed by atoms with Crippen molar-refractivity contribution in [3.05, 3.63) is 59.7 Å². The summed E-state index contributed by atoms with van der Waals surface area (Å²) in [6, 6.07) is 15.4. The summed E-state index contributed by atoms with van der Waals surface area (Å²) in [5.41, 5.74) is 3.38. The van der Waals surface area contributed by atoms with Gasteiger partial charge in [-0.25, -0.2) is 4.79 Å². The summed E-state index contributed by atoms with van der Waals surface area (Å²) in [7, 11) is 0. The van der Waals surface area contributed by atoms with Crippen LogP contribution < -0.4 is 10.6 Å². The number of alkyl carbamates (subject to hydrolysis) is 1. The van der Waals surface area contributed by atoms with Crippen molar-refractivity contribution in [1.82, 2.24) is 10.6 Å². The van der Waals surface area contributed by atoms with Crippen molar-refractivity contribution in [2.45, 2.75) is 31.4 Å². The monoisotopic (exact) mass is 468 g/mol. The van der Waals surface area contributed by atoms with Crippen LogP contribution >= 0.6 is 0 Å². The van der Waals surface area contributed by atoms with E-state index in [0.29, 0.717) is 0 Å². The van der Waals surface area contributed by atoms with Crippen LogP contribution in [0.1, 0.15) is 30.4 Å². The molecular formula is C25H28N2O7. The van der Waals surface area contributed by atoms with Crippen LogP contribution in [0.25, 0.3) is 11.1 Å². The molecule has 34 heavy (non-hydrogen) atoms. The summed E-state index contributed by atoms with van der Waals surface area (Å²) in [6.45, 7) is 1.79. The molecule has 0 aromatic heterocycles. The Morgan fingerprint density at radius 1 is 1.12 bits per heavy atom. The second-order valence-electron chi connectivity index (χ2n) is 8.92. The van der Waals surface area contributed by atoms with Gasteiger partial charge in [-0.15, -0.1) is 0 Å². The lowest BCUT2D eigenvalue weighted by molar-refractivity contribution is -0.140. The largest absolute Gasteiger partial charge is 0.481 e. The van der Waals surface area contributed by atoms with Crippen LogP contribution in [0.3, 0.4) is 0 Å². The number of rotatable bonds is 8. The SMILES string of the molecule is CC1(C(=O)NCC(O)CC(=O)O)COCC1NC(=O)OCC1c2ccccc2-c2ccccc21. The first-order valence-electron chi connectivity index (χ1n) is 11.2. The molecule has 1 aliphatic carbocycles. The maximum atomic E-state index is 12.7. The van der Waals surface area contributed by atoms with Crippen molar-refractivity contribution < 1.29 is 34.1 Å². The Labute approximate surface area is 197 Å². The predicted octanol–water partition coefficient (Wildman–Crippen LogP) is 1.88. The van der Waals surface area contributed by atoms with Crippen molar-refractivity contribution >= 4 is 18.0 Å². The number of aliphatic hydroxyl groups excluding tert-OH is 1. The number of hydrogen-bond acceptors (Lipinski definition) is 6. The highest BCUT2D eigenvalue weighted by atomic mass is 16.5. The lowest BCUT2D eigenvalue weighted by Gasteiger charge is -2.29. The van der Waals surface area contributed by atoms with Crippen LogP contribution in [0.15, 0.2) is 48.5 Å². The average molecular weight is 469 g/mol. The molecular weight excluding hydrogens is 440 g/mol. The lowest BCUT2D eigenvalue weighted by Crippen LogP contribution is -2.54. The molecule has 2 amide bonds. The molecule has 0 spiro atoms. The van der Waals surface area contributed by atoms with Crippen molar-refractivity contribution in [2.24, 2.45) is 5.41 Å². The van der Waals surface area contributed by atoms with E-state index in [0.717, 1.165) is 22.3 Å². The number of amides is 2. The van der Waals surface area contributed by atoms with Gasteiger partial charge in [0.05, 0.1) is 37.2 Å². The molecule has 1 saturated heterocycles. The van der Waals surface area contributed by atoms with E-state index >= 15 is 0 Å². The Hall–Kier alpha value is -3.43. The van der Waals surface area contributed by atoms with Gasteiger partial charge in [0.25, 0.3) is 0 Å². The smallest absolute Gasteiger partial charge is 0.407 e. The highest BCUT2D eigenvalue weighted by molar-refractivity contribution is 5.84. The van der Waals surface area contributed by atoms with Gasteiger partial charge in [-0.3, -0.25) is 9.59 Å². The van der Waals surface area contributed by atoms with E-state index in [4.69, 9.17) is 14.6 Å². The molecule has 2 aromatic rings. The number of aliphatic hydroxyl groups is 1. The molecule has 4 N–H and O–H groups in total. The van der Waals surface area contributed by atoms with E-state index in [2.05, 4.69) is 22.8 Å². The number of carbonyl (C=O) groups is 3. The lowest BCUT2D eigenvalue weighted by atomic mass is 9.84. The number of ether oxygens (including phenoxy) is 2. The van der Waals surface area contributed by atoms with Gasteiger partial charge in [0.1, 0.15) is 6.61 Å². The first-order chi connectivity index (χ1) is 16.3. The molecule has 4 rings (SSSR count). The van der Waals surface area contributed by atoms with Gasteiger partial charge in [-0.05, 0) is 29.2 Å². The molecule has 1 heterocycles. The Balaban J connectivity index is 1.36. The topological polar surface area (TPSA) is 134 Å². The van der Waals surface area contributed by atoms with E-state index in [-0.39, 0.29) is 32.3 Å². The standard InChI is InChI=1S/C25H28N2O7/c1-25(23(31)26-11-15(28)10-22(29)30)14-33-13-21(25)27-24(32)34-12-20-18-8-4-2-6-16(18)17-7-3-5-9-19(17)20/h2-9,15,20-21,28H,10-14H2,1H3,(H,26,31)(H,27,32)(H,29,30). The first-order valence-corrected chi connectivity index (χ1v) is 11.2. The number of carboxylic acid groups (broad SMARTS) is 1. The van der Waals surface area contributed by atoms with Crippen LogP contribution in [-0.2, 0) is 19.1 Å². The van der Waals surface area contributed by atoms with Crippen LogP contribution in [0.4, 0.5) is 4.79 Å². The minimum absolute atomic E-state index is 0.0716. The number of aliphatic carboxylic acids is 1. The summed E-state index contributed by atoms with van der Waals surface area (Å²) in [5, 5.41) is 23.7. The van der Waals surface area contributed by atoms with Crippen molar-refractivity contribution in [2.75, 3.05) is 26.4 Å². The quantitative estimate of drug-likeness (QED) is 0.465. The van der Waals surface area contributed by atoms with Gasteiger partial charge in [-0.1, -0.05) is 48.5 Å². The van der Waals surface area contributed by atoms with Gasteiger partial charge >= 0.3 is 12.1 Å². The van der Waals surface area contributed by atoms with Gasteiger partial charge in [0.2, 0.25) is 5.91 Å². The molecule has 0 saturated carbocycles. The minimum atomic E-state index is -1.21. The first kappa shape index (κ1) is 23.7. The molecule has 2 aromatic carbocycles. The van der Waals surface area contributed by atoms with Crippen LogP contribution in [0, 0.1) is 5.41 Å². The highest BCUT2D eigenvalue weighted by Crippen LogP contribution is 2.44. The van der Waals surface area contributed by atoms with E-state index in [1.807, 2.05) is 36.4 Å². The summed E-state index contributed by atoms with van der Waals surface area (Å²) in [6.07, 6.45) is -2.34. The predicted molar refractivity (Wildman–Crippen MR) is 122 cm³/mol. The Morgan fingerprint density at radius 3 is 2.35 bits per heavy atom. The number of hydrogen-bond donors (Lipinski definition) is 4. The molecule has 9 nitrogen and oxygen atoms in total. The van der Waals surface area contributed by atoms with Crippen LogP contribution in [-0.4, -0.2) is 66.7 Å². The third-order valence-electron chi connectivity index (χ3n) is 6.52. The number of carboxylic acids is 1. The zero-order chi connectivity index (χ0) is 24.3. The highest BCUT2D eigenvalue weighted by Gasteiger charge is 2.47. The molecule has 0 bridgehead atoms. The molecule has 1 fully saturated rings. The molecule has 9 heteroatoms. The zero-order valence-electron chi connectivity index (χ0n) is 18.8.